The molecule has 24 heavy (non-hydrogen) atoms. The zero-order chi connectivity index (χ0) is 17.4. The molecule has 0 spiro atoms. The van der Waals surface area contributed by atoms with Crippen molar-refractivity contribution in [3.8, 4) is 0 Å². The van der Waals surface area contributed by atoms with Crippen LogP contribution >= 0.6 is 0 Å². The highest BCUT2D eigenvalue weighted by atomic mass is 16.2. The summed E-state index contributed by atoms with van der Waals surface area (Å²) >= 11 is 0. The average molecular weight is 326 g/mol. The Balaban J connectivity index is 2.12. The molecule has 1 amide bonds. The maximum Gasteiger partial charge on any atom is 0.223 e. The van der Waals surface area contributed by atoms with Gasteiger partial charge in [-0.3, -0.25) is 14.8 Å². The fourth-order valence-corrected chi connectivity index (χ4v) is 2.57. The molecule has 0 aliphatic carbocycles. The third-order valence-electron chi connectivity index (χ3n) is 3.77. The van der Waals surface area contributed by atoms with Crippen LogP contribution in [0.3, 0.4) is 0 Å². The normalized spacial score (nSPS) is 10.6. The first-order valence-corrected chi connectivity index (χ1v) is 8.36. The van der Waals surface area contributed by atoms with Gasteiger partial charge in [-0.05, 0) is 58.1 Å². The van der Waals surface area contributed by atoms with Crippen LogP contribution in [0.4, 0.5) is 0 Å². The number of aromatic nitrogens is 2. The highest BCUT2D eigenvalue weighted by molar-refractivity contribution is 5.76. The van der Waals surface area contributed by atoms with Gasteiger partial charge in [0.1, 0.15) is 0 Å². The fraction of sp³-hybridized carbons (Fsp3) is 0.421. The van der Waals surface area contributed by atoms with E-state index < -0.39 is 0 Å². The van der Waals surface area contributed by atoms with Crippen molar-refractivity contribution in [2.75, 3.05) is 13.6 Å². The molecule has 0 radical (unpaired) electrons. The van der Waals surface area contributed by atoms with Crippen molar-refractivity contribution in [3.05, 3.63) is 59.2 Å². The van der Waals surface area contributed by atoms with Gasteiger partial charge in [-0.15, -0.1) is 0 Å². The van der Waals surface area contributed by atoms with E-state index in [9.17, 15) is 4.79 Å². The molecule has 0 saturated carbocycles. The van der Waals surface area contributed by atoms with Crippen molar-refractivity contribution in [2.45, 2.75) is 39.8 Å². The van der Waals surface area contributed by atoms with Gasteiger partial charge in [0, 0.05) is 17.8 Å². The van der Waals surface area contributed by atoms with Gasteiger partial charge >= 0.3 is 0 Å². The summed E-state index contributed by atoms with van der Waals surface area (Å²) in [5, 5.41) is 3.08. The number of pyridine rings is 2. The summed E-state index contributed by atoms with van der Waals surface area (Å²) in [5.41, 5.74) is 3.74. The summed E-state index contributed by atoms with van der Waals surface area (Å²) in [7, 11) is 1.90. The molecule has 2 aromatic heterocycles. The lowest BCUT2D eigenvalue weighted by Crippen LogP contribution is -2.31. The van der Waals surface area contributed by atoms with Crippen LogP contribution in [0.1, 0.15) is 35.6 Å². The summed E-state index contributed by atoms with van der Waals surface area (Å²) in [5.74, 6) is 0.136. The van der Waals surface area contributed by atoms with Gasteiger partial charge in [-0.1, -0.05) is 12.1 Å². The van der Waals surface area contributed by atoms with Crippen LogP contribution in [-0.2, 0) is 17.9 Å². The molecule has 0 aliphatic rings. The third kappa shape index (κ3) is 5.74. The molecule has 0 atom stereocenters. The second-order valence-corrected chi connectivity index (χ2v) is 6.00. The van der Waals surface area contributed by atoms with Crippen molar-refractivity contribution in [2.24, 2.45) is 0 Å². The average Bonchev–Trinajstić information content (AvgIpc) is 2.54. The predicted molar refractivity (Wildman–Crippen MR) is 95.4 cm³/mol. The summed E-state index contributed by atoms with van der Waals surface area (Å²) in [6.07, 6.45) is 1.35. The van der Waals surface area contributed by atoms with Gasteiger partial charge in [-0.25, -0.2) is 0 Å². The maximum absolute atomic E-state index is 12.6. The van der Waals surface area contributed by atoms with Gasteiger partial charge in [0.15, 0.2) is 0 Å². The number of nitrogens with zero attached hydrogens (tertiary/aromatic N) is 3. The molecule has 0 bridgehead atoms. The third-order valence-corrected chi connectivity index (χ3v) is 3.77. The number of nitrogens with one attached hydrogen (secondary N) is 1. The molecular weight excluding hydrogens is 300 g/mol. The van der Waals surface area contributed by atoms with Crippen LogP contribution in [0.15, 0.2) is 36.4 Å². The number of aryl methyl sites for hydroxylation is 2. The minimum Gasteiger partial charge on any atom is -0.331 e. The second-order valence-electron chi connectivity index (χ2n) is 6.00. The van der Waals surface area contributed by atoms with Gasteiger partial charge in [0.2, 0.25) is 5.91 Å². The molecule has 128 valence electrons. The van der Waals surface area contributed by atoms with E-state index in [0.29, 0.717) is 19.5 Å². The second kappa shape index (κ2) is 9.13. The van der Waals surface area contributed by atoms with Crippen molar-refractivity contribution in [1.29, 1.82) is 0 Å². The SMILES string of the molecule is CNCCCC(=O)N(Cc1cccc(C)n1)Cc1cccc(C)n1. The zero-order valence-corrected chi connectivity index (χ0v) is 14.7. The smallest absolute Gasteiger partial charge is 0.223 e. The Morgan fingerprint density at radius 2 is 1.54 bits per heavy atom. The summed E-state index contributed by atoms with van der Waals surface area (Å²) in [6.45, 7) is 5.78. The van der Waals surface area contributed by atoms with Crippen LogP contribution in [0.25, 0.3) is 0 Å². The lowest BCUT2D eigenvalue weighted by atomic mass is 10.2. The number of hydrogen-bond donors (Lipinski definition) is 1. The Labute approximate surface area is 144 Å². The largest absolute Gasteiger partial charge is 0.331 e. The van der Waals surface area contributed by atoms with Crippen LogP contribution in [-0.4, -0.2) is 34.4 Å². The van der Waals surface area contributed by atoms with Crippen molar-refractivity contribution >= 4 is 5.91 Å². The monoisotopic (exact) mass is 326 g/mol. The summed E-state index contributed by atoms with van der Waals surface area (Å²) in [6, 6.07) is 11.8. The molecule has 0 aromatic carbocycles. The van der Waals surface area contributed by atoms with Crippen molar-refractivity contribution in [3.63, 3.8) is 0 Å². The maximum atomic E-state index is 12.6. The molecule has 1 N–H and O–H groups in total. The lowest BCUT2D eigenvalue weighted by Gasteiger charge is -2.22. The predicted octanol–water partition coefficient (Wildman–Crippen LogP) is 2.62. The van der Waals surface area contributed by atoms with E-state index in [4.69, 9.17) is 0 Å². The van der Waals surface area contributed by atoms with E-state index in [1.165, 1.54) is 0 Å². The molecule has 0 saturated heterocycles. The van der Waals surface area contributed by atoms with Crippen LogP contribution in [0.2, 0.25) is 0 Å². The van der Waals surface area contributed by atoms with Crippen molar-refractivity contribution < 1.29 is 4.79 Å². The minimum atomic E-state index is 0.136. The zero-order valence-electron chi connectivity index (χ0n) is 14.7. The topological polar surface area (TPSA) is 58.1 Å². The first kappa shape index (κ1) is 18.1. The van der Waals surface area contributed by atoms with E-state index in [1.807, 2.05) is 62.2 Å². The number of amides is 1. The van der Waals surface area contributed by atoms with Gasteiger partial charge in [-0.2, -0.15) is 0 Å². The van der Waals surface area contributed by atoms with Crippen LogP contribution in [0, 0.1) is 13.8 Å². The number of carbonyl (C=O) groups is 1. The first-order valence-electron chi connectivity index (χ1n) is 8.36. The van der Waals surface area contributed by atoms with Gasteiger partial charge in [0.05, 0.1) is 24.5 Å². The molecule has 5 nitrogen and oxygen atoms in total. The standard InChI is InChI=1S/C19H26N4O/c1-15-7-4-9-17(21-15)13-23(19(24)11-6-12-20-3)14-18-10-5-8-16(2)22-18/h4-5,7-10,20H,6,11-14H2,1-3H3. The molecular formula is C19H26N4O. The Kier molecular flexibility index (Phi) is 6.88. The van der Waals surface area contributed by atoms with E-state index in [1.54, 1.807) is 0 Å². The molecule has 2 rings (SSSR count). The molecule has 0 unspecified atom stereocenters. The molecule has 2 heterocycles. The van der Waals surface area contributed by atoms with Gasteiger partial charge < -0.3 is 10.2 Å². The highest BCUT2D eigenvalue weighted by Gasteiger charge is 2.15. The Morgan fingerprint density at radius 3 is 2.00 bits per heavy atom. The number of rotatable bonds is 8. The number of hydrogen-bond acceptors (Lipinski definition) is 4. The molecule has 5 heteroatoms. The molecule has 2 aromatic rings. The van der Waals surface area contributed by atoms with E-state index >= 15 is 0 Å². The summed E-state index contributed by atoms with van der Waals surface area (Å²) in [4.78, 5) is 23.5. The lowest BCUT2D eigenvalue weighted by molar-refractivity contribution is -0.132. The van der Waals surface area contributed by atoms with E-state index in [-0.39, 0.29) is 5.91 Å². The quantitative estimate of drug-likeness (QED) is 0.758. The summed E-state index contributed by atoms with van der Waals surface area (Å²) < 4.78 is 0. The van der Waals surface area contributed by atoms with Crippen LogP contribution in [0.5, 0.6) is 0 Å². The van der Waals surface area contributed by atoms with Gasteiger partial charge in [0.25, 0.3) is 0 Å². The first-order chi connectivity index (χ1) is 11.6. The number of carbonyl (C=O) groups excluding carboxylic acids is 1. The van der Waals surface area contributed by atoms with Crippen LogP contribution < -0.4 is 5.32 Å². The molecule has 0 aliphatic heterocycles. The minimum absolute atomic E-state index is 0.136. The van der Waals surface area contributed by atoms with E-state index in [2.05, 4.69) is 15.3 Å². The Bertz CT molecular complexity index is 624. The van der Waals surface area contributed by atoms with Crippen molar-refractivity contribution in [1.82, 2.24) is 20.2 Å². The Morgan fingerprint density at radius 1 is 1.00 bits per heavy atom. The Hall–Kier alpha value is -2.27. The van der Waals surface area contributed by atoms with E-state index in [0.717, 1.165) is 35.7 Å². The molecule has 0 fully saturated rings. The highest BCUT2D eigenvalue weighted by Crippen LogP contribution is 2.11. The fourth-order valence-electron chi connectivity index (χ4n) is 2.57.